The molecule has 1 aromatic rings. The molecular formula is C17H23ClFNO3. The monoisotopic (exact) mass is 343 g/mol. The van der Waals surface area contributed by atoms with E-state index in [0.29, 0.717) is 36.5 Å². The number of aliphatic hydroxyl groups is 1. The molecule has 2 unspecified atom stereocenters. The second-order valence-corrected chi connectivity index (χ2v) is 7.39. The van der Waals surface area contributed by atoms with Crippen LogP contribution in [0.3, 0.4) is 0 Å². The molecule has 1 heterocycles. The van der Waals surface area contributed by atoms with Gasteiger partial charge >= 0.3 is 6.09 Å². The van der Waals surface area contributed by atoms with Crippen LogP contribution in [-0.2, 0) is 11.2 Å². The van der Waals surface area contributed by atoms with Crippen LogP contribution in [0.5, 0.6) is 0 Å². The van der Waals surface area contributed by atoms with E-state index < -0.39 is 17.5 Å². The number of benzene rings is 1. The van der Waals surface area contributed by atoms with Crippen LogP contribution in [0.4, 0.5) is 9.18 Å². The third kappa shape index (κ3) is 5.08. The van der Waals surface area contributed by atoms with Crippen molar-refractivity contribution in [2.45, 2.75) is 45.3 Å². The number of amides is 1. The second-order valence-electron chi connectivity index (χ2n) is 6.98. The van der Waals surface area contributed by atoms with Crippen LogP contribution in [0.2, 0.25) is 5.02 Å². The molecule has 1 fully saturated rings. The highest BCUT2D eigenvalue weighted by molar-refractivity contribution is 6.31. The van der Waals surface area contributed by atoms with Gasteiger partial charge in [0.25, 0.3) is 0 Å². The highest BCUT2D eigenvalue weighted by Gasteiger charge is 2.33. The first-order valence-corrected chi connectivity index (χ1v) is 8.13. The Kier molecular flexibility index (Phi) is 5.53. The van der Waals surface area contributed by atoms with Gasteiger partial charge in [-0.3, -0.25) is 0 Å². The van der Waals surface area contributed by atoms with E-state index in [0.717, 1.165) is 0 Å². The van der Waals surface area contributed by atoms with E-state index in [1.165, 1.54) is 12.1 Å². The zero-order chi connectivity index (χ0) is 17.2. The lowest BCUT2D eigenvalue weighted by atomic mass is 9.95. The Hall–Kier alpha value is -1.33. The van der Waals surface area contributed by atoms with Gasteiger partial charge in [-0.25, -0.2) is 9.18 Å². The number of nitrogens with zero attached hydrogens (tertiary/aromatic N) is 1. The number of halogens is 2. The molecule has 1 N–H and O–H groups in total. The number of carbonyl (C=O) groups is 1. The average molecular weight is 344 g/mol. The quantitative estimate of drug-likeness (QED) is 0.911. The molecule has 0 aliphatic carbocycles. The maximum absolute atomic E-state index is 13.1. The summed E-state index contributed by atoms with van der Waals surface area (Å²) in [6.07, 6.45) is 0.0583. The molecule has 4 nitrogen and oxygen atoms in total. The maximum atomic E-state index is 13.1. The molecule has 1 aliphatic rings. The minimum atomic E-state index is -0.634. The molecule has 0 radical (unpaired) electrons. The van der Waals surface area contributed by atoms with E-state index in [4.69, 9.17) is 16.3 Å². The number of hydrogen-bond donors (Lipinski definition) is 1. The Balaban J connectivity index is 1.92. The lowest BCUT2D eigenvalue weighted by molar-refractivity contribution is 0.0269. The van der Waals surface area contributed by atoms with Gasteiger partial charge in [0.2, 0.25) is 0 Å². The molecular weight excluding hydrogens is 321 g/mol. The van der Waals surface area contributed by atoms with Crippen molar-refractivity contribution in [2.75, 3.05) is 13.1 Å². The number of rotatable bonds is 3. The Labute approximate surface area is 141 Å². The van der Waals surface area contributed by atoms with Crippen LogP contribution in [0, 0.1) is 11.7 Å². The fraction of sp³-hybridized carbons (Fsp3) is 0.588. The Morgan fingerprint density at radius 3 is 2.83 bits per heavy atom. The molecule has 0 bridgehead atoms. The average Bonchev–Trinajstić information content (AvgIpc) is 2.90. The maximum Gasteiger partial charge on any atom is 0.410 e. The van der Waals surface area contributed by atoms with E-state index in [-0.39, 0.29) is 12.0 Å². The molecule has 23 heavy (non-hydrogen) atoms. The summed E-state index contributed by atoms with van der Waals surface area (Å²) < 4.78 is 18.4. The molecule has 2 atom stereocenters. The lowest BCUT2D eigenvalue weighted by Gasteiger charge is -2.25. The van der Waals surface area contributed by atoms with Crippen molar-refractivity contribution in [1.82, 2.24) is 4.90 Å². The summed E-state index contributed by atoms with van der Waals surface area (Å²) in [6, 6.07) is 4.16. The van der Waals surface area contributed by atoms with Crippen LogP contribution < -0.4 is 0 Å². The third-order valence-electron chi connectivity index (χ3n) is 3.86. The molecule has 1 saturated heterocycles. The molecule has 0 spiro atoms. The largest absolute Gasteiger partial charge is 0.444 e. The number of ether oxygens (including phenoxy) is 1. The summed E-state index contributed by atoms with van der Waals surface area (Å²) >= 11 is 6.00. The van der Waals surface area contributed by atoms with Gasteiger partial charge in [0, 0.05) is 30.5 Å². The van der Waals surface area contributed by atoms with Gasteiger partial charge in [-0.1, -0.05) is 17.7 Å². The van der Waals surface area contributed by atoms with Crippen LogP contribution >= 0.6 is 11.6 Å². The minimum absolute atomic E-state index is 0.0383. The topological polar surface area (TPSA) is 49.8 Å². The minimum Gasteiger partial charge on any atom is -0.444 e. The predicted octanol–water partition coefficient (Wildman–Crippen LogP) is 3.64. The van der Waals surface area contributed by atoms with Crippen molar-refractivity contribution in [1.29, 1.82) is 0 Å². The Bertz CT molecular complexity index is 573. The molecule has 0 saturated carbocycles. The number of carbonyl (C=O) groups excluding carboxylic acids is 1. The van der Waals surface area contributed by atoms with E-state index >= 15 is 0 Å². The van der Waals surface area contributed by atoms with E-state index in [2.05, 4.69) is 0 Å². The molecule has 6 heteroatoms. The Morgan fingerprint density at radius 1 is 1.52 bits per heavy atom. The molecule has 2 rings (SSSR count). The summed E-state index contributed by atoms with van der Waals surface area (Å²) in [5.74, 6) is -0.436. The highest BCUT2D eigenvalue weighted by atomic mass is 35.5. The predicted molar refractivity (Wildman–Crippen MR) is 87.0 cm³/mol. The fourth-order valence-corrected chi connectivity index (χ4v) is 2.92. The molecule has 1 aromatic carbocycles. The second kappa shape index (κ2) is 7.05. The van der Waals surface area contributed by atoms with Gasteiger partial charge in [-0.2, -0.15) is 0 Å². The molecule has 0 aromatic heterocycles. The number of aliphatic hydroxyl groups excluding tert-OH is 1. The first-order valence-electron chi connectivity index (χ1n) is 7.75. The molecule has 128 valence electrons. The van der Waals surface area contributed by atoms with Gasteiger partial charge < -0.3 is 14.7 Å². The van der Waals surface area contributed by atoms with Crippen molar-refractivity contribution >= 4 is 17.7 Å². The van der Waals surface area contributed by atoms with Crippen LogP contribution in [0.15, 0.2) is 18.2 Å². The number of hydrogen-bond acceptors (Lipinski definition) is 3. The van der Waals surface area contributed by atoms with Crippen molar-refractivity contribution in [3.63, 3.8) is 0 Å². The van der Waals surface area contributed by atoms with Crippen LogP contribution in [-0.4, -0.2) is 40.9 Å². The van der Waals surface area contributed by atoms with E-state index in [1.807, 2.05) is 20.8 Å². The molecule has 1 aliphatic heterocycles. The zero-order valence-electron chi connectivity index (χ0n) is 13.7. The smallest absolute Gasteiger partial charge is 0.410 e. The van der Waals surface area contributed by atoms with Gasteiger partial charge in [0.1, 0.15) is 11.4 Å². The number of likely N-dealkylation sites (tertiary alicyclic amines) is 1. The summed E-state index contributed by atoms with van der Waals surface area (Å²) in [5, 5.41) is 10.7. The van der Waals surface area contributed by atoms with Crippen molar-refractivity contribution in [2.24, 2.45) is 5.92 Å². The van der Waals surface area contributed by atoms with E-state index in [1.54, 1.807) is 11.0 Å². The van der Waals surface area contributed by atoms with Gasteiger partial charge in [-0.05, 0) is 44.9 Å². The normalized spacial score (nSPS) is 19.7. The summed E-state index contributed by atoms with van der Waals surface area (Å²) in [5.41, 5.74) is 0.173. The van der Waals surface area contributed by atoms with Gasteiger partial charge in [0.05, 0.1) is 6.10 Å². The SMILES string of the molecule is CC(C)(C)OC(=O)N1CCC(C(O)Cc2ccc(F)cc2Cl)C1. The van der Waals surface area contributed by atoms with Crippen molar-refractivity contribution in [3.8, 4) is 0 Å². The first kappa shape index (κ1) is 18.0. The zero-order valence-corrected chi connectivity index (χ0v) is 14.4. The van der Waals surface area contributed by atoms with E-state index in [9.17, 15) is 14.3 Å². The summed E-state index contributed by atoms with van der Waals surface area (Å²) in [4.78, 5) is 13.7. The van der Waals surface area contributed by atoms with Crippen LogP contribution in [0.25, 0.3) is 0 Å². The third-order valence-corrected chi connectivity index (χ3v) is 4.22. The fourth-order valence-electron chi connectivity index (χ4n) is 2.67. The van der Waals surface area contributed by atoms with Gasteiger partial charge in [-0.15, -0.1) is 0 Å². The van der Waals surface area contributed by atoms with Crippen LogP contribution in [0.1, 0.15) is 32.8 Å². The Morgan fingerprint density at radius 2 is 2.22 bits per heavy atom. The first-order chi connectivity index (χ1) is 10.7. The molecule has 1 amide bonds. The summed E-state index contributed by atoms with van der Waals surface area (Å²) in [7, 11) is 0. The van der Waals surface area contributed by atoms with Crippen molar-refractivity contribution in [3.05, 3.63) is 34.6 Å². The standard InChI is InChI=1S/C17H23ClFNO3/c1-17(2,3)23-16(22)20-7-6-12(10-20)15(21)8-11-4-5-13(19)9-14(11)18/h4-5,9,12,15,21H,6-8,10H2,1-3H3. The van der Waals surface area contributed by atoms with Crippen molar-refractivity contribution < 1.29 is 19.0 Å². The summed E-state index contributed by atoms with van der Waals surface area (Å²) in [6.45, 7) is 6.49. The highest BCUT2D eigenvalue weighted by Crippen LogP contribution is 2.26. The van der Waals surface area contributed by atoms with Gasteiger partial charge in [0.15, 0.2) is 0 Å². The lowest BCUT2D eigenvalue weighted by Crippen LogP contribution is -2.36.